The van der Waals surface area contributed by atoms with Crippen LogP contribution in [0.5, 0.6) is 5.75 Å². The summed E-state index contributed by atoms with van der Waals surface area (Å²) in [6.45, 7) is 3.90. The molecule has 2 aliphatic rings. The summed E-state index contributed by atoms with van der Waals surface area (Å²) in [5, 5.41) is 4.89. The topological polar surface area (TPSA) is 50.6 Å². The first-order valence-corrected chi connectivity index (χ1v) is 9.92. The van der Waals surface area contributed by atoms with Gasteiger partial charge in [0, 0.05) is 36.3 Å². The Balaban J connectivity index is 1.37. The number of halogens is 2. The van der Waals surface area contributed by atoms with Crippen molar-refractivity contribution in [3.63, 3.8) is 0 Å². The molecule has 1 aromatic carbocycles. The molecule has 2 aliphatic heterocycles. The van der Waals surface area contributed by atoms with Gasteiger partial charge in [-0.2, -0.15) is 5.10 Å². The highest BCUT2D eigenvalue weighted by molar-refractivity contribution is 9.10. The van der Waals surface area contributed by atoms with Crippen molar-refractivity contribution in [2.45, 2.75) is 25.6 Å². The van der Waals surface area contributed by atoms with Crippen LogP contribution < -0.4 is 4.74 Å². The molecule has 8 heteroatoms. The molecule has 2 aromatic rings. The maximum atomic E-state index is 12.7. The van der Waals surface area contributed by atoms with Gasteiger partial charge in [-0.15, -0.1) is 0 Å². The van der Waals surface area contributed by atoms with Crippen LogP contribution >= 0.6 is 27.5 Å². The molecule has 0 saturated carbocycles. The first kappa shape index (κ1) is 17.8. The van der Waals surface area contributed by atoms with E-state index in [1.807, 2.05) is 11.0 Å². The Morgan fingerprint density at radius 1 is 1.31 bits per heavy atom. The van der Waals surface area contributed by atoms with Gasteiger partial charge in [-0.05, 0) is 43.7 Å². The quantitative estimate of drug-likeness (QED) is 0.734. The van der Waals surface area contributed by atoms with Gasteiger partial charge in [-0.3, -0.25) is 9.69 Å². The molecule has 2 fully saturated rings. The average molecular weight is 440 g/mol. The molecule has 1 aromatic heterocycles. The van der Waals surface area contributed by atoms with Gasteiger partial charge in [0.2, 0.25) is 0 Å². The minimum absolute atomic E-state index is 0.00280. The molecule has 0 bridgehead atoms. The monoisotopic (exact) mass is 438 g/mol. The standard InChI is InChI=1S/C18H20BrClN4O2/c19-13-3-4-17(15(20)10-13)26-12-24-7-5-16(21-24)18(25)23-9-8-22-6-1-2-14(22)11-23/h3-5,7,10,14H,1-2,6,8-9,11-12H2/t14-/m0/s1. The van der Waals surface area contributed by atoms with Gasteiger partial charge in [-0.1, -0.05) is 27.5 Å². The van der Waals surface area contributed by atoms with E-state index in [9.17, 15) is 4.79 Å². The van der Waals surface area contributed by atoms with E-state index in [1.165, 1.54) is 12.8 Å². The molecule has 138 valence electrons. The van der Waals surface area contributed by atoms with Crippen LogP contribution in [-0.2, 0) is 6.73 Å². The van der Waals surface area contributed by atoms with Crippen molar-refractivity contribution >= 4 is 33.4 Å². The fraction of sp³-hybridized carbons (Fsp3) is 0.444. The van der Waals surface area contributed by atoms with Gasteiger partial charge in [0.15, 0.2) is 12.4 Å². The second-order valence-corrected chi connectivity index (χ2v) is 7.99. The molecule has 2 saturated heterocycles. The van der Waals surface area contributed by atoms with Gasteiger partial charge in [0.05, 0.1) is 5.02 Å². The van der Waals surface area contributed by atoms with Crippen molar-refractivity contribution in [2.75, 3.05) is 26.2 Å². The number of aromatic nitrogens is 2. The number of carbonyl (C=O) groups is 1. The Labute approximate surface area is 165 Å². The highest BCUT2D eigenvalue weighted by Gasteiger charge is 2.33. The van der Waals surface area contributed by atoms with Crippen LogP contribution in [0.15, 0.2) is 34.9 Å². The minimum Gasteiger partial charge on any atom is -0.470 e. The molecule has 4 rings (SSSR count). The van der Waals surface area contributed by atoms with Crippen molar-refractivity contribution in [3.8, 4) is 5.75 Å². The van der Waals surface area contributed by atoms with Crippen molar-refractivity contribution < 1.29 is 9.53 Å². The molecule has 0 radical (unpaired) electrons. The normalized spacial score (nSPS) is 20.2. The van der Waals surface area contributed by atoms with Crippen LogP contribution in [0, 0.1) is 0 Å². The van der Waals surface area contributed by atoms with Crippen LogP contribution in [0.4, 0.5) is 0 Å². The van der Waals surface area contributed by atoms with Crippen molar-refractivity contribution in [1.29, 1.82) is 0 Å². The van der Waals surface area contributed by atoms with Gasteiger partial charge < -0.3 is 9.64 Å². The lowest BCUT2D eigenvalue weighted by molar-refractivity contribution is 0.0564. The van der Waals surface area contributed by atoms with Gasteiger partial charge in [0.25, 0.3) is 5.91 Å². The summed E-state index contributed by atoms with van der Waals surface area (Å²) in [6, 6.07) is 7.69. The third-order valence-electron chi connectivity index (χ3n) is 4.98. The van der Waals surface area contributed by atoms with Gasteiger partial charge in [-0.25, -0.2) is 4.68 Å². The summed E-state index contributed by atoms with van der Waals surface area (Å²) < 4.78 is 8.19. The Bertz CT molecular complexity index is 812. The fourth-order valence-corrected chi connectivity index (χ4v) is 4.34. The molecule has 0 aliphatic carbocycles. The summed E-state index contributed by atoms with van der Waals surface area (Å²) >= 11 is 9.51. The molecule has 0 unspecified atom stereocenters. The summed E-state index contributed by atoms with van der Waals surface area (Å²) in [7, 11) is 0. The first-order valence-electron chi connectivity index (χ1n) is 8.75. The summed E-state index contributed by atoms with van der Waals surface area (Å²) in [5.74, 6) is 0.576. The van der Waals surface area contributed by atoms with Gasteiger partial charge in [0.1, 0.15) is 5.75 Å². The maximum Gasteiger partial charge on any atom is 0.274 e. The zero-order valence-corrected chi connectivity index (χ0v) is 16.6. The number of amides is 1. The Morgan fingerprint density at radius 2 is 2.19 bits per heavy atom. The van der Waals surface area contributed by atoms with E-state index in [0.29, 0.717) is 22.5 Å². The lowest BCUT2D eigenvalue weighted by atomic mass is 10.1. The third-order valence-corrected chi connectivity index (χ3v) is 5.77. The minimum atomic E-state index is -0.00280. The smallest absolute Gasteiger partial charge is 0.274 e. The highest BCUT2D eigenvalue weighted by atomic mass is 79.9. The van der Waals surface area contributed by atoms with E-state index >= 15 is 0 Å². The molecule has 6 nitrogen and oxygen atoms in total. The number of carbonyl (C=O) groups excluding carboxylic acids is 1. The lowest BCUT2D eigenvalue weighted by Gasteiger charge is -2.37. The van der Waals surface area contributed by atoms with E-state index in [-0.39, 0.29) is 12.6 Å². The van der Waals surface area contributed by atoms with Crippen molar-refractivity contribution in [2.24, 2.45) is 0 Å². The van der Waals surface area contributed by atoms with Crippen LogP contribution in [0.2, 0.25) is 5.02 Å². The summed E-state index contributed by atoms with van der Waals surface area (Å²) in [5.41, 5.74) is 0.460. The number of fused-ring (bicyclic) bond motifs is 1. The molecule has 1 atom stereocenters. The average Bonchev–Trinajstić information content (AvgIpc) is 3.29. The van der Waals surface area contributed by atoms with Crippen LogP contribution in [-0.4, -0.2) is 57.7 Å². The summed E-state index contributed by atoms with van der Waals surface area (Å²) in [6.07, 6.45) is 4.17. The van der Waals surface area contributed by atoms with E-state index in [4.69, 9.17) is 16.3 Å². The van der Waals surface area contributed by atoms with Crippen LogP contribution in [0.3, 0.4) is 0 Å². The largest absolute Gasteiger partial charge is 0.470 e. The second-order valence-electron chi connectivity index (χ2n) is 6.67. The fourth-order valence-electron chi connectivity index (χ4n) is 3.61. The molecule has 0 spiro atoms. The predicted octanol–water partition coefficient (Wildman–Crippen LogP) is 3.26. The predicted molar refractivity (Wildman–Crippen MR) is 103 cm³/mol. The number of benzene rings is 1. The van der Waals surface area contributed by atoms with Crippen LogP contribution in [0.25, 0.3) is 0 Å². The lowest BCUT2D eigenvalue weighted by Crippen LogP contribution is -2.52. The van der Waals surface area contributed by atoms with E-state index < -0.39 is 0 Å². The number of ether oxygens (including phenoxy) is 1. The number of nitrogens with zero attached hydrogens (tertiary/aromatic N) is 4. The Morgan fingerprint density at radius 3 is 3.04 bits per heavy atom. The number of piperazine rings is 1. The van der Waals surface area contributed by atoms with E-state index in [2.05, 4.69) is 25.9 Å². The van der Waals surface area contributed by atoms with E-state index in [1.54, 1.807) is 29.1 Å². The SMILES string of the molecule is O=C(c1ccn(COc2ccc(Br)cc2Cl)n1)N1CCN2CCC[C@H]2C1. The number of hydrogen-bond donors (Lipinski definition) is 0. The molecular formula is C18H20BrClN4O2. The number of hydrogen-bond acceptors (Lipinski definition) is 4. The second kappa shape index (κ2) is 7.58. The van der Waals surface area contributed by atoms with E-state index in [0.717, 1.165) is 30.7 Å². The van der Waals surface area contributed by atoms with Crippen molar-refractivity contribution in [3.05, 3.63) is 45.7 Å². The zero-order valence-electron chi connectivity index (χ0n) is 14.3. The molecule has 3 heterocycles. The Hall–Kier alpha value is -1.57. The Kier molecular flexibility index (Phi) is 5.20. The summed E-state index contributed by atoms with van der Waals surface area (Å²) in [4.78, 5) is 17.1. The van der Waals surface area contributed by atoms with Crippen molar-refractivity contribution in [1.82, 2.24) is 19.6 Å². The number of rotatable bonds is 4. The zero-order chi connectivity index (χ0) is 18.1. The van der Waals surface area contributed by atoms with Crippen LogP contribution in [0.1, 0.15) is 23.3 Å². The highest BCUT2D eigenvalue weighted by Crippen LogP contribution is 2.28. The molecule has 26 heavy (non-hydrogen) atoms. The third kappa shape index (κ3) is 3.75. The molecule has 0 N–H and O–H groups in total. The van der Waals surface area contributed by atoms with Gasteiger partial charge >= 0.3 is 0 Å². The molecular weight excluding hydrogens is 420 g/mol. The maximum absolute atomic E-state index is 12.7. The first-order chi connectivity index (χ1) is 12.6. The molecule has 1 amide bonds.